The first-order chi connectivity index (χ1) is 9.72. The van der Waals surface area contributed by atoms with E-state index in [-0.39, 0.29) is 25.1 Å². The van der Waals surface area contributed by atoms with Crippen molar-refractivity contribution in [2.75, 3.05) is 31.1 Å². The summed E-state index contributed by atoms with van der Waals surface area (Å²) in [4.78, 5) is 12.1. The molecule has 0 radical (unpaired) electrons. The molecule has 0 atom stereocenters. The third-order valence-corrected chi connectivity index (χ3v) is 3.63. The van der Waals surface area contributed by atoms with E-state index in [0.717, 1.165) is 26.1 Å². The van der Waals surface area contributed by atoms with Crippen LogP contribution in [0.4, 0.5) is 11.4 Å². The second-order valence-electron chi connectivity index (χ2n) is 5.10. The molecular weight excluding hydrogens is 296 g/mol. The summed E-state index contributed by atoms with van der Waals surface area (Å²) in [5, 5.41) is 2.85. The Hall–Kier alpha value is -1.66. The molecule has 1 fully saturated rings. The lowest BCUT2D eigenvalue weighted by Crippen LogP contribution is -2.22. The van der Waals surface area contributed by atoms with Crippen molar-refractivity contribution in [3.05, 3.63) is 12.1 Å². The lowest BCUT2D eigenvalue weighted by molar-refractivity contribution is -0.117. The molecule has 0 saturated carbocycles. The molecule has 1 aromatic rings. The van der Waals surface area contributed by atoms with E-state index in [4.69, 9.17) is 19.9 Å². The number of halogens is 1. The minimum atomic E-state index is -0.0255. The largest absolute Gasteiger partial charge is 0.454 e. The molecule has 3 N–H and O–H groups in total. The van der Waals surface area contributed by atoms with E-state index < -0.39 is 0 Å². The molecule has 0 aromatic heterocycles. The van der Waals surface area contributed by atoms with Gasteiger partial charge in [-0.05, 0) is 18.8 Å². The maximum Gasteiger partial charge on any atom is 0.231 e. The molecule has 2 aliphatic rings. The molecule has 0 bridgehead atoms. The normalized spacial score (nSPS) is 17.1. The summed E-state index contributed by atoms with van der Waals surface area (Å²) in [5.74, 6) is 1.59. The summed E-state index contributed by atoms with van der Waals surface area (Å²) >= 11 is 0. The highest BCUT2D eigenvalue weighted by molar-refractivity contribution is 5.94. The molecule has 116 valence electrons. The van der Waals surface area contributed by atoms with E-state index in [1.165, 1.54) is 0 Å². The summed E-state index contributed by atoms with van der Waals surface area (Å²) in [5.41, 5.74) is 6.96. The number of hydrogen-bond acceptors (Lipinski definition) is 5. The van der Waals surface area contributed by atoms with Crippen molar-refractivity contribution in [3.8, 4) is 11.5 Å². The van der Waals surface area contributed by atoms with Gasteiger partial charge in [-0.15, -0.1) is 12.4 Å². The number of carbonyl (C=O) groups is 1. The number of carbonyl (C=O) groups excluding carboxylic acids is 1. The Morgan fingerprint density at radius 3 is 2.62 bits per heavy atom. The van der Waals surface area contributed by atoms with Crippen LogP contribution in [-0.4, -0.2) is 25.9 Å². The molecule has 0 spiro atoms. The van der Waals surface area contributed by atoms with E-state index >= 15 is 0 Å². The van der Waals surface area contributed by atoms with Crippen LogP contribution in [0.15, 0.2) is 12.1 Å². The summed E-state index contributed by atoms with van der Waals surface area (Å²) in [7, 11) is 0. The first-order valence-electron chi connectivity index (χ1n) is 6.79. The van der Waals surface area contributed by atoms with E-state index in [2.05, 4.69) is 5.32 Å². The van der Waals surface area contributed by atoms with Gasteiger partial charge in [0.1, 0.15) is 0 Å². The van der Waals surface area contributed by atoms with Crippen LogP contribution in [0.25, 0.3) is 0 Å². The number of amides is 1. The fourth-order valence-electron chi connectivity index (χ4n) is 2.48. The number of hydrogen-bond donors (Lipinski definition) is 2. The van der Waals surface area contributed by atoms with Crippen molar-refractivity contribution in [1.82, 2.24) is 0 Å². The molecule has 2 aliphatic heterocycles. The Labute approximate surface area is 129 Å². The summed E-state index contributed by atoms with van der Waals surface area (Å²) in [6.45, 7) is 1.67. The lowest BCUT2D eigenvalue weighted by Gasteiger charge is -2.21. The number of rotatable bonds is 3. The van der Waals surface area contributed by atoms with Gasteiger partial charge in [-0.2, -0.15) is 0 Å². The van der Waals surface area contributed by atoms with Crippen LogP contribution >= 0.6 is 12.4 Å². The molecule has 21 heavy (non-hydrogen) atoms. The number of benzene rings is 1. The maximum absolute atomic E-state index is 12.1. The van der Waals surface area contributed by atoms with Crippen LogP contribution in [0.2, 0.25) is 0 Å². The molecule has 2 heterocycles. The number of fused-ring (bicyclic) bond motifs is 1. The van der Waals surface area contributed by atoms with Crippen molar-refractivity contribution < 1.29 is 19.0 Å². The predicted octanol–water partition coefficient (Wildman–Crippen LogP) is 2.17. The van der Waals surface area contributed by atoms with Gasteiger partial charge in [0.25, 0.3) is 0 Å². The van der Waals surface area contributed by atoms with Crippen LogP contribution in [0.5, 0.6) is 11.5 Å². The van der Waals surface area contributed by atoms with Gasteiger partial charge in [-0.25, -0.2) is 0 Å². The molecule has 1 amide bonds. The van der Waals surface area contributed by atoms with E-state index in [9.17, 15) is 4.79 Å². The molecule has 0 aliphatic carbocycles. The van der Waals surface area contributed by atoms with Crippen molar-refractivity contribution >= 4 is 29.7 Å². The van der Waals surface area contributed by atoms with Gasteiger partial charge in [-0.3, -0.25) is 4.79 Å². The Balaban J connectivity index is 0.00000161. The summed E-state index contributed by atoms with van der Waals surface area (Å²) in [6, 6.07) is 3.38. The number of nitrogen functional groups attached to an aromatic ring is 1. The maximum atomic E-state index is 12.1. The van der Waals surface area contributed by atoms with Crippen molar-refractivity contribution in [3.63, 3.8) is 0 Å². The van der Waals surface area contributed by atoms with Crippen LogP contribution in [0.1, 0.15) is 19.3 Å². The smallest absolute Gasteiger partial charge is 0.231 e. The number of anilines is 2. The minimum Gasteiger partial charge on any atom is -0.454 e. The van der Waals surface area contributed by atoms with Gasteiger partial charge >= 0.3 is 0 Å². The Morgan fingerprint density at radius 2 is 1.90 bits per heavy atom. The van der Waals surface area contributed by atoms with Gasteiger partial charge in [0, 0.05) is 31.8 Å². The van der Waals surface area contributed by atoms with Crippen LogP contribution in [-0.2, 0) is 9.53 Å². The summed E-state index contributed by atoms with van der Waals surface area (Å²) < 4.78 is 15.8. The van der Waals surface area contributed by atoms with E-state index in [0.29, 0.717) is 35.2 Å². The molecular formula is C14H19ClN2O4. The number of nitrogens with two attached hydrogens (primary N) is 1. The van der Waals surface area contributed by atoms with Crippen molar-refractivity contribution in [2.24, 2.45) is 5.92 Å². The minimum absolute atomic E-state index is 0. The first kappa shape index (κ1) is 15.7. The van der Waals surface area contributed by atoms with Crippen LogP contribution in [0.3, 0.4) is 0 Å². The Bertz CT molecular complexity index is 518. The first-order valence-corrected chi connectivity index (χ1v) is 6.79. The Kier molecular flexibility index (Phi) is 5.14. The molecule has 7 heteroatoms. The zero-order valence-electron chi connectivity index (χ0n) is 11.6. The molecule has 6 nitrogen and oxygen atoms in total. The predicted molar refractivity (Wildman–Crippen MR) is 81.0 cm³/mol. The Morgan fingerprint density at radius 1 is 1.24 bits per heavy atom. The quantitative estimate of drug-likeness (QED) is 0.836. The van der Waals surface area contributed by atoms with Gasteiger partial charge < -0.3 is 25.3 Å². The van der Waals surface area contributed by atoms with Crippen LogP contribution < -0.4 is 20.5 Å². The second kappa shape index (κ2) is 6.87. The zero-order chi connectivity index (χ0) is 13.9. The SMILES string of the molecule is Cl.Nc1cc2c(cc1NC(=O)CC1CCOCC1)OCO2. The molecule has 1 aromatic carbocycles. The zero-order valence-corrected chi connectivity index (χ0v) is 12.4. The van der Waals surface area contributed by atoms with Gasteiger partial charge in [0.05, 0.1) is 11.4 Å². The van der Waals surface area contributed by atoms with Gasteiger partial charge in [0.15, 0.2) is 11.5 Å². The molecule has 1 saturated heterocycles. The fraction of sp³-hybridized carbons (Fsp3) is 0.500. The fourth-order valence-corrected chi connectivity index (χ4v) is 2.48. The molecule has 3 rings (SSSR count). The van der Waals surface area contributed by atoms with Crippen molar-refractivity contribution in [2.45, 2.75) is 19.3 Å². The van der Waals surface area contributed by atoms with Crippen molar-refractivity contribution in [1.29, 1.82) is 0 Å². The second-order valence-corrected chi connectivity index (χ2v) is 5.10. The third kappa shape index (κ3) is 3.71. The van der Waals surface area contributed by atoms with Crippen LogP contribution in [0, 0.1) is 5.92 Å². The number of nitrogens with one attached hydrogen (secondary N) is 1. The third-order valence-electron chi connectivity index (χ3n) is 3.63. The molecule has 0 unspecified atom stereocenters. The van der Waals surface area contributed by atoms with E-state index in [1.807, 2.05) is 0 Å². The monoisotopic (exact) mass is 314 g/mol. The highest BCUT2D eigenvalue weighted by Gasteiger charge is 2.20. The van der Waals surface area contributed by atoms with Gasteiger partial charge in [-0.1, -0.05) is 0 Å². The average molecular weight is 315 g/mol. The average Bonchev–Trinajstić information content (AvgIpc) is 2.87. The van der Waals surface area contributed by atoms with E-state index in [1.54, 1.807) is 12.1 Å². The highest BCUT2D eigenvalue weighted by Crippen LogP contribution is 2.38. The number of ether oxygens (including phenoxy) is 3. The lowest BCUT2D eigenvalue weighted by atomic mass is 9.96. The highest BCUT2D eigenvalue weighted by atomic mass is 35.5. The summed E-state index contributed by atoms with van der Waals surface area (Å²) in [6.07, 6.45) is 2.37. The standard InChI is InChI=1S/C14H18N2O4.ClH/c15-10-6-12-13(20-8-19-12)7-11(10)16-14(17)5-9-1-3-18-4-2-9;/h6-7,9H,1-5,8,15H2,(H,16,17);1H. The van der Waals surface area contributed by atoms with Gasteiger partial charge in [0.2, 0.25) is 12.7 Å². The topological polar surface area (TPSA) is 82.8 Å².